The van der Waals surface area contributed by atoms with Crippen molar-refractivity contribution < 1.29 is 19.4 Å². The van der Waals surface area contributed by atoms with E-state index >= 15 is 0 Å². The van der Waals surface area contributed by atoms with E-state index < -0.39 is 23.2 Å². The summed E-state index contributed by atoms with van der Waals surface area (Å²) >= 11 is 0. The molecule has 1 aromatic rings. The van der Waals surface area contributed by atoms with E-state index in [2.05, 4.69) is 5.32 Å². The number of hydrogen-bond acceptors (Lipinski definition) is 3. The largest absolute Gasteiger partial charge is 0.479 e. The van der Waals surface area contributed by atoms with E-state index in [1.165, 1.54) is 6.92 Å². The molecule has 2 N–H and O–H groups in total. The van der Waals surface area contributed by atoms with Gasteiger partial charge in [0.25, 0.3) is 0 Å². The van der Waals surface area contributed by atoms with Gasteiger partial charge < -0.3 is 15.2 Å². The highest BCUT2D eigenvalue weighted by Crippen LogP contribution is 2.26. The number of carboxylic acid groups (broad SMARTS) is 1. The Bertz CT molecular complexity index is 560. The fourth-order valence-electron chi connectivity index (χ4n) is 2.02. The van der Waals surface area contributed by atoms with Crippen LogP contribution in [-0.4, -0.2) is 22.8 Å². The maximum atomic E-state index is 12.0. The first kappa shape index (κ1) is 17.0. The monoisotopic (exact) mass is 293 g/mol. The van der Waals surface area contributed by atoms with Crippen molar-refractivity contribution in [1.82, 2.24) is 5.32 Å². The first-order chi connectivity index (χ1) is 9.45. The Labute approximate surface area is 125 Å². The molecule has 0 bridgehead atoms. The molecule has 5 heteroatoms. The van der Waals surface area contributed by atoms with Gasteiger partial charge in [0, 0.05) is 0 Å². The molecule has 21 heavy (non-hydrogen) atoms. The molecule has 0 saturated heterocycles. The molecule has 116 valence electrons. The molecule has 0 fully saturated rings. The van der Waals surface area contributed by atoms with Crippen molar-refractivity contribution >= 4 is 12.1 Å². The summed E-state index contributed by atoms with van der Waals surface area (Å²) in [6.45, 7) is 10.3. The molecule has 1 aromatic carbocycles. The van der Waals surface area contributed by atoms with E-state index in [9.17, 15) is 14.7 Å². The first-order valence-electron chi connectivity index (χ1n) is 6.78. The van der Waals surface area contributed by atoms with Crippen LogP contribution in [0.4, 0.5) is 4.79 Å². The zero-order valence-corrected chi connectivity index (χ0v) is 13.4. The van der Waals surface area contributed by atoms with Crippen LogP contribution in [0.3, 0.4) is 0 Å². The average Bonchev–Trinajstić information content (AvgIpc) is 2.29. The first-order valence-corrected chi connectivity index (χ1v) is 6.78. The highest BCUT2D eigenvalue weighted by Gasteiger charge is 2.39. The molecule has 0 spiro atoms. The maximum absolute atomic E-state index is 12.0. The van der Waals surface area contributed by atoms with Crippen LogP contribution in [-0.2, 0) is 15.1 Å². The summed E-state index contributed by atoms with van der Waals surface area (Å²) in [6.07, 6.45) is -0.756. The summed E-state index contributed by atoms with van der Waals surface area (Å²) in [5, 5.41) is 12.1. The van der Waals surface area contributed by atoms with Gasteiger partial charge in [-0.3, -0.25) is 0 Å². The average molecular weight is 293 g/mol. The van der Waals surface area contributed by atoms with Gasteiger partial charge in [0.05, 0.1) is 0 Å². The smallest absolute Gasteiger partial charge is 0.408 e. The molecule has 0 aliphatic carbocycles. The zero-order chi connectivity index (χ0) is 16.4. The summed E-state index contributed by atoms with van der Waals surface area (Å²) in [4.78, 5) is 23.7. The molecule has 0 aliphatic heterocycles. The standard InChI is InChI=1S/C16H23NO4/c1-10-7-8-11(2)12(9-10)16(6,13(18)19)17-14(20)21-15(3,4)5/h7-9H,1-6H3,(H,17,20)(H,18,19). The third-order valence-electron chi connectivity index (χ3n) is 3.11. The van der Waals surface area contributed by atoms with Gasteiger partial charge in [-0.15, -0.1) is 0 Å². The Balaban J connectivity index is 3.18. The number of aliphatic carboxylic acids is 1. The molecular weight excluding hydrogens is 270 g/mol. The lowest BCUT2D eigenvalue weighted by Crippen LogP contribution is -2.51. The van der Waals surface area contributed by atoms with Crippen LogP contribution in [0.2, 0.25) is 0 Å². The third kappa shape index (κ3) is 4.21. The van der Waals surface area contributed by atoms with E-state index in [-0.39, 0.29) is 0 Å². The van der Waals surface area contributed by atoms with Crippen molar-refractivity contribution in [2.45, 2.75) is 52.7 Å². The number of rotatable bonds is 3. The van der Waals surface area contributed by atoms with Crippen molar-refractivity contribution in [2.75, 3.05) is 0 Å². The Kier molecular flexibility index (Phi) is 4.66. The number of alkyl carbamates (subject to hydrolysis) is 1. The van der Waals surface area contributed by atoms with Crippen LogP contribution in [0.5, 0.6) is 0 Å². The lowest BCUT2D eigenvalue weighted by molar-refractivity contribution is -0.144. The number of carboxylic acids is 1. The summed E-state index contributed by atoms with van der Waals surface area (Å²) < 4.78 is 5.16. The molecule has 1 atom stereocenters. The quantitative estimate of drug-likeness (QED) is 0.897. The van der Waals surface area contributed by atoms with Crippen molar-refractivity contribution in [2.24, 2.45) is 0 Å². The second-order valence-electron chi connectivity index (χ2n) is 6.38. The lowest BCUT2D eigenvalue weighted by atomic mass is 9.87. The Morgan fingerprint density at radius 3 is 2.19 bits per heavy atom. The molecule has 0 aliphatic rings. The van der Waals surface area contributed by atoms with Gasteiger partial charge in [0.1, 0.15) is 5.60 Å². The number of benzene rings is 1. The molecule has 5 nitrogen and oxygen atoms in total. The zero-order valence-electron chi connectivity index (χ0n) is 13.4. The van der Waals surface area contributed by atoms with Crippen LogP contribution >= 0.6 is 0 Å². The Morgan fingerprint density at radius 2 is 1.71 bits per heavy atom. The van der Waals surface area contributed by atoms with E-state index in [4.69, 9.17) is 4.74 Å². The van der Waals surface area contributed by atoms with Gasteiger partial charge in [0.2, 0.25) is 0 Å². The maximum Gasteiger partial charge on any atom is 0.408 e. The number of nitrogens with one attached hydrogen (secondary N) is 1. The second-order valence-corrected chi connectivity index (χ2v) is 6.38. The minimum Gasteiger partial charge on any atom is -0.479 e. The fraction of sp³-hybridized carbons (Fsp3) is 0.500. The van der Waals surface area contributed by atoms with Gasteiger partial charge in [-0.2, -0.15) is 0 Å². The highest BCUT2D eigenvalue weighted by atomic mass is 16.6. The number of aryl methyl sites for hydroxylation is 2. The van der Waals surface area contributed by atoms with Gasteiger partial charge in [-0.05, 0) is 52.7 Å². The van der Waals surface area contributed by atoms with Crippen LogP contribution < -0.4 is 5.32 Å². The van der Waals surface area contributed by atoms with Crippen molar-refractivity contribution in [3.8, 4) is 0 Å². The van der Waals surface area contributed by atoms with E-state index in [1.54, 1.807) is 26.8 Å². The number of ether oxygens (including phenoxy) is 1. The van der Waals surface area contributed by atoms with Crippen molar-refractivity contribution in [3.63, 3.8) is 0 Å². The van der Waals surface area contributed by atoms with Crippen molar-refractivity contribution in [1.29, 1.82) is 0 Å². The second kappa shape index (κ2) is 5.76. The number of carbonyl (C=O) groups is 2. The van der Waals surface area contributed by atoms with E-state index in [0.29, 0.717) is 5.56 Å². The van der Waals surface area contributed by atoms with Crippen molar-refractivity contribution in [3.05, 3.63) is 34.9 Å². The van der Waals surface area contributed by atoms with E-state index in [1.807, 2.05) is 26.0 Å². The third-order valence-corrected chi connectivity index (χ3v) is 3.11. The number of hydrogen-bond donors (Lipinski definition) is 2. The Morgan fingerprint density at radius 1 is 1.14 bits per heavy atom. The summed E-state index contributed by atoms with van der Waals surface area (Å²) in [5.41, 5.74) is 0.0281. The summed E-state index contributed by atoms with van der Waals surface area (Å²) in [6, 6.07) is 5.50. The normalized spacial score (nSPS) is 14.2. The topological polar surface area (TPSA) is 75.6 Å². The fourth-order valence-corrected chi connectivity index (χ4v) is 2.02. The van der Waals surface area contributed by atoms with E-state index in [0.717, 1.165) is 11.1 Å². The molecule has 0 aromatic heterocycles. The van der Waals surface area contributed by atoms with Crippen LogP contribution in [0.25, 0.3) is 0 Å². The molecule has 1 rings (SSSR count). The lowest BCUT2D eigenvalue weighted by Gasteiger charge is -2.30. The molecular formula is C16H23NO4. The van der Waals surface area contributed by atoms with Crippen LogP contribution in [0, 0.1) is 13.8 Å². The predicted molar refractivity (Wildman–Crippen MR) is 80.3 cm³/mol. The van der Waals surface area contributed by atoms with Gasteiger partial charge in [-0.25, -0.2) is 9.59 Å². The highest BCUT2D eigenvalue weighted by molar-refractivity contribution is 5.86. The molecule has 0 radical (unpaired) electrons. The molecule has 0 heterocycles. The van der Waals surface area contributed by atoms with Crippen LogP contribution in [0.15, 0.2) is 18.2 Å². The van der Waals surface area contributed by atoms with Gasteiger partial charge in [0.15, 0.2) is 5.54 Å². The molecule has 1 amide bonds. The predicted octanol–water partition coefficient (Wildman–Crippen LogP) is 3.13. The van der Waals surface area contributed by atoms with Gasteiger partial charge >= 0.3 is 12.1 Å². The molecule has 0 saturated carbocycles. The minimum atomic E-state index is -1.54. The van der Waals surface area contributed by atoms with Gasteiger partial charge in [-0.1, -0.05) is 23.8 Å². The van der Waals surface area contributed by atoms with Crippen LogP contribution in [0.1, 0.15) is 44.4 Å². The minimum absolute atomic E-state index is 0.542. The Hall–Kier alpha value is -2.04. The SMILES string of the molecule is Cc1ccc(C)c(C(C)(NC(=O)OC(C)(C)C)C(=O)O)c1. The summed E-state index contributed by atoms with van der Waals surface area (Å²) in [5.74, 6) is -1.14. The number of carbonyl (C=O) groups excluding carboxylic acids is 1. The number of amides is 1. The molecule has 1 unspecified atom stereocenters. The summed E-state index contributed by atoms with van der Waals surface area (Å²) in [7, 11) is 0.